The van der Waals surface area contributed by atoms with E-state index in [9.17, 15) is 19.6 Å². The van der Waals surface area contributed by atoms with E-state index in [4.69, 9.17) is 4.74 Å². The molecule has 0 aliphatic carbocycles. The highest BCUT2D eigenvalue weighted by Crippen LogP contribution is 2.32. The molecule has 0 unspecified atom stereocenters. The fourth-order valence-corrected chi connectivity index (χ4v) is 4.58. The average molecular weight is 475 g/mol. The van der Waals surface area contributed by atoms with E-state index in [1.807, 2.05) is 58.0 Å². The van der Waals surface area contributed by atoms with Crippen LogP contribution in [0.5, 0.6) is 0 Å². The van der Waals surface area contributed by atoms with E-state index in [2.05, 4.69) is 22.0 Å². The molecule has 33 heavy (non-hydrogen) atoms. The van der Waals surface area contributed by atoms with Crippen molar-refractivity contribution in [2.45, 2.75) is 68.7 Å². The first-order valence-electron chi connectivity index (χ1n) is 11.2. The Morgan fingerprint density at radius 1 is 1.27 bits per heavy atom. The molecule has 0 aromatic heterocycles. The molecule has 0 saturated carbocycles. The molecule has 1 aliphatic rings. The summed E-state index contributed by atoms with van der Waals surface area (Å²) in [5.41, 5.74) is 0. The fourth-order valence-electron chi connectivity index (χ4n) is 3.53. The van der Waals surface area contributed by atoms with Gasteiger partial charge in [0.05, 0.1) is 6.07 Å². The zero-order chi connectivity index (χ0) is 24.4. The lowest BCUT2D eigenvalue weighted by Gasteiger charge is -2.25. The number of hydrogen-bond acceptors (Lipinski definition) is 6. The summed E-state index contributed by atoms with van der Waals surface area (Å²) in [7, 11) is 0. The molecule has 3 atom stereocenters. The van der Waals surface area contributed by atoms with Crippen LogP contribution in [0.25, 0.3) is 0 Å². The van der Waals surface area contributed by atoms with Gasteiger partial charge in [-0.3, -0.25) is 9.59 Å². The van der Waals surface area contributed by atoms with Gasteiger partial charge < -0.3 is 20.7 Å². The molecule has 3 N–H and O–H groups in total. The number of amides is 3. The first kappa shape index (κ1) is 26.5. The summed E-state index contributed by atoms with van der Waals surface area (Å²) in [6, 6.07) is 10.3. The van der Waals surface area contributed by atoms with Crippen molar-refractivity contribution in [3.05, 3.63) is 30.3 Å². The van der Waals surface area contributed by atoms with Crippen LogP contribution in [0.3, 0.4) is 0 Å². The highest BCUT2D eigenvalue weighted by Gasteiger charge is 2.30. The smallest absolute Gasteiger partial charge is 0.407 e. The number of nitrogens with one attached hydrogen (secondary N) is 3. The maximum atomic E-state index is 12.8. The molecular formula is C24H34N4O4S. The molecule has 2 rings (SSSR count). The molecule has 1 heterocycles. The number of carbonyl (C=O) groups is 3. The summed E-state index contributed by atoms with van der Waals surface area (Å²) in [5, 5.41) is 17.5. The van der Waals surface area contributed by atoms with Crippen LogP contribution in [-0.4, -0.2) is 47.9 Å². The number of nitrogens with zero attached hydrogens (tertiary/aromatic N) is 1. The Labute approximate surface area is 200 Å². The quantitative estimate of drug-likeness (QED) is 0.424. The standard InChI is InChI=1S/C24H34N4O4S/c1-16(2)12-20(22(30)27-18(14-25)13-17-10-11-26-21(17)29)28-23(31)32-15-24(3,4)33-19-8-6-5-7-9-19/h5-9,16-18,20H,10-13,15H2,1-4H3,(H,26,29)(H,27,30)(H,28,31)/t17-,18-,20-/m0/s1. The van der Waals surface area contributed by atoms with E-state index >= 15 is 0 Å². The third kappa shape index (κ3) is 9.34. The lowest BCUT2D eigenvalue weighted by molar-refractivity contribution is -0.125. The van der Waals surface area contributed by atoms with Gasteiger partial charge in [-0.25, -0.2) is 4.79 Å². The predicted molar refractivity (Wildman–Crippen MR) is 127 cm³/mol. The van der Waals surface area contributed by atoms with Crippen LogP contribution in [0, 0.1) is 23.2 Å². The van der Waals surface area contributed by atoms with Crippen molar-refractivity contribution in [2.24, 2.45) is 11.8 Å². The number of nitriles is 1. The largest absolute Gasteiger partial charge is 0.448 e. The minimum absolute atomic E-state index is 0.0964. The van der Waals surface area contributed by atoms with Gasteiger partial charge in [0.25, 0.3) is 0 Å². The summed E-state index contributed by atoms with van der Waals surface area (Å²) >= 11 is 1.60. The second-order valence-electron chi connectivity index (χ2n) is 9.28. The Balaban J connectivity index is 1.90. The first-order valence-corrected chi connectivity index (χ1v) is 12.1. The molecule has 180 valence electrons. The number of rotatable bonds is 11. The van der Waals surface area contributed by atoms with Crippen molar-refractivity contribution in [1.29, 1.82) is 5.26 Å². The van der Waals surface area contributed by atoms with E-state index < -0.39 is 24.1 Å². The highest BCUT2D eigenvalue weighted by atomic mass is 32.2. The van der Waals surface area contributed by atoms with Crippen LogP contribution in [-0.2, 0) is 14.3 Å². The Morgan fingerprint density at radius 3 is 2.55 bits per heavy atom. The van der Waals surface area contributed by atoms with Crippen LogP contribution < -0.4 is 16.0 Å². The fraction of sp³-hybridized carbons (Fsp3) is 0.583. The first-order chi connectivity index (χ1) is 15.6. The summed E-state index contributed by atoms with van der Waals surface area (Å²) in [6.45, 7) is 8.58. The molecule has 8 nitrogen and oxygen atoms in total. The third-order valence-corrected chi connectivity index (χ3v) is 6.34. The number of alkyl carbamates (subject to hydrolysis) is 1. The summed E-state index contributed by atoms with van der Waals surface area (Å²) in [6.07, 6.45) is 0.605. The van der Waals surface area contributed by atoms with Gasteiger partial charge in [-0.15, -0.1) is 11.8 Å². The van der Waals surface area contributed by atoms with Gasteiger partial charge in [0.1, 0.15) is 18.7 Å². The van der Waals surface area contributed by atoms with Crippen molar-refractivity contribution in [3.63, 3.8) is 0 Å². The molecule has 1 aromatic rings. The van der Waals surface area contributed by atoms with Gasteiger partial charge in [0.15, 0.2) is 0 Å². The van der Waals surface area contributed by atoms with Gasteiger partial charge in [0, 0.05) is 22.1 Å². The van der Waals surface area contributed by atoms with Crippen molar-refractivity contribution < 1.29 is 19.1 Å². The summed E-state index contributed by atoms with van der Waals surface area (Å²) in [5.74, 6) is -0.711. The number of hydrogen-bond donors (Lipinski definition) is 3. The molecule has 0 radical (unpaired) electrons. The van der Waals surface area contributed by atoms with Gasteiger partial charge >= 0.3 is 6.09 Å². The van der Waals surface area contributed by atoms with Crippen LogP contribution in [0.1, 0.15) is 47.0 Å². The second kappa shape index (κ2) is 12.5. The van der Waals surface area contributed by atoms with Crippen molar-refractivity contribution >= 4 is 29.7 Å². The number of carbonyl (C=O) groups excluding carboxylic acids is 3. The van der Waals surface area contributed by atoms with Crippen LogP contribution in [0.4, 0.5) is 4.79 Å². The Kier molecular flexibility index (Phi) is 10.0. The minimum atomic E-state index is -0.837. The number of benzene rings is 1. The molecule has 1 saturated heterocycles. The Morgan fingerprint density at radius 2 is 1.97 bits per heavy atom. The van der Waals surface area contributed by atoms with E-state index in [0.717, 1.165) is 4.90 Å². The molecule has 3 amide bonds. The van der Waals surface area contributed by atoms with Crippen LogP contribution >= 0.6 is 11.8 Å². The van der Waals surface area contributed by atoms with Gasteiger partial charge in [-0.1, -0.05) is 32.0 Å². The van der Waals surface area contributed by atoms with Gasteiger partial charge in [0.2, 0.25) is 11.8 Å². The molecule has 0 bridgehead atoms. The normalized spacial score (nSPS) is 17.6. The van der Waals surface area contributed by atoms with Crippen LogP contribution in [0.15, 0.2) is 35.2 Å². The molecular weight excluding hydrogens is 440 g/mol. The maximum Gasteiger partial charge on any atom is 0.407 e. The lowest BCUT2D eigenvalue weighted by atomic mass is 9.98. The SMILES string of the molecule is CC(C)C[C@H](NC(=O)OCC(C)(C)Sc1ccccc1)C(=O)N[C@H](C#N)C[C@@H]1CCNC1=O. The molecule has 9 heteroatoms. The van der Waals surface area contributed by atoms with E-state index in [1.54, 1.807) is 11.8 Å². The molecule has 1 aliphatic heterocycles. The minimum Gasteiger partial charge on any atom is -0.448 e. The van der Waals surface area contributed by atoms with E-state index in [-0.39, 0.29) is 35.5 Å². The van der Waals surface area contributed by atoms with E-state index in [1.165, 1.54) is 0 Å². The Bertz CT molecular complexity index is 854. The molecule has 0 spiro atoms. The highest BCUT2D eigenvalue weighted by molar-refractivity contribution is 8.00. The molecule has 1 aromatic carbocycles. The second-order valence-corrected chi connectivity index (χ2v) is 11.1. The maximum absolute atomic E-state index is 12.8. The summed E-state index contributed by atoms with van der Waals surface area (Å²) in [4.78, 5) is 38.2. The third-order valence-electron chi connectivity index (χ3n) is 5.16. The summed E-state index contributed by atoms with van der Waals surface area (Å²) < 4.78 is 5.07. The zero-order valence-electron chi connectivity index (χ0n) is 19.7. The van der Waals surface area contributed by atoms with Crippen molar-refractivity contribution in [3.8, 4) is 6.07 Å². The number of thioether (sulfide) groups is 1. The zero-order valence-corrected chi connectivity index (χ0v) is 20.5. The molecule has 1 fully saturated rings. The average Bonchev–Trinajstić information content (AvgIpc) is 3.15. The topological polar surface area (TPSA) is 120 Å². The van der Waals surface area contributed by atoms with Crippen molar-refractivity contribution in [1.82, 2.24) is 16.0 Å². The monoisotopic (exact) mass is 474 g/mol. The predicted octanol–water partition coefficient (Wildman–Crippen LogP) is 3.23. The van der Waals surface area contributed by atoms with Crippen LogP contribution in [0.2, 0.25) is 0 Å². The van der Waals surface area contributed by atoms with Gasteiger partial charge in [-0.2, -0.15) is 5.26 Å². The lowest BCUT2D eigenvalue weighted by Crippen LogP contribution is -2.50. The van der Waals surface area contributed by atoms with E-state index in [0.29, 0.717) is 19.4 Å². The Hall–Kier alpha value is -2.73. The van der Waals surface area contributed by atoms with Gasteiger partial charge in [-0.05, 0) is 51.2 Å². The van der Waals surface area contributed by atoms with Crippen molar-refractivity contribution in [2.75, 3.05) is 13.2 Å². The number of ether oxygens (including phenoxy) is 1.